The summed E-state index contributed by atoms with van der Waals surface area (Å²) < 4.78 is 5.45. The standard InChI is InChI=1S/C23H26N2O3S/c1-4-6-13-25-22(27)21(15-17-9-12-19(26)20(14-17)28-5-2)29-23(25)24-18-10-7-16(3)8-11-18/h7-12,14-15,26H,4-6,13H2,1-3H3/b21-15+,24-23?. The molecule has 3 rings (SSSR count). The normalized spacial score (nSPS) is 16.8. The van der Waals surface area contributed by atoms with Crippen molar-refractivity contribution in [2.45, 2.75) is 33.6 Å². The fraction of sp³-hybridized carbons (Fsp3) is 0.304. The van der Waals surface area contributed by atoms with Crippen LogP contribution < -0.4 is 4.74 Å². The molecule has 0 aliphatic carbocycles. The maximum atomic E-state index is 13.0. The lowest BCUT2D eigenvalue weighted by Crippen LogP contribution is -2.30. The lowest BCUT2D eigenvalue weighted by molar-refractivity contribution is -0.122. The maximum absolute atomic E-state index is 13.0. The van der Waals surface area contributed by atoms with Gasteiger partial charge in [0.15, 0.2) is 16.7 Å². The van der Waals surface area contributed by atoms with E-state index in [0.29, 0.717) is 29.0 Å². The molecule has 0 atom stereocenters. The summed E-state index contributed by atoms with van der Waals surface area (Å²) in [7, 11) is 0. The molecule has 0 unspecified atom stereocenters. The van der Waals surface area contributed by atoms with Gasteiger partial charge in [-0.15, -0.1) is 0 Å². The molecule has 1 aliphatic heterocycles. The summed E-state index contributed by atoms with van der Waals surface area (Å²) in [5.74, 6) is 0.458. The molecule has 1 aliphatic rings. The van der Waals surface area contributed by atoms with Crippen molar-refractivity contribution in [2.24, 2.45) is 4.99 Å². The number of phenolic OH excluding ortho intramolecular Hbond substituents is 1. The van der Waals surface area contributed by atoms with Gasteiger partial charge in [-0.3, -0.25) is 9.69 Å². The first kappa shape index (κ1) is 21.0. The van der Waals surface area contributed by atoms with E-state index in [-0.39, 0.29) is 11.7 Å². The number of thioether (sulfide) groups is 1. The highest BCUT2D eigenvalue weighted by Crippen LogP contribution is 2.35. The number of aromatic hydroxyl groups is 1. The molecule has 2 aromatic rings. The van der Waals surface area contributed by atoms with Crippen molar-refractivity contribution in [1.29, 1.82) is 0 Å². The van der Waals surface area contributed by atoms with E-state index in [2.05, 4.69) is 6.92 Å². The van der Waals surface area contributed by atoms with Crippen LogP contribution in [0.2, 0.25) is 0 Å². The summed E-state index contributed by atoms with van der Waals surface area (Å²) in [6.45, 7) is 7.10. The van der Waals surface area contributed by atoms with Crippen molar-refractivity contribution < 1.29 is 14.6 Å². The molecule has 1 N–H and O–H groups in total. The third-order valence-corrected chi connectivity index (χ3v) is 5.47. The number of nitrogens with zero attached hydrogens (tertiary/aromatic N) is 2. The number of hydrogen-bond donors (Lipinski definition) is 1. The number of hydrogen-bond acceptors (Lipinski definition) is 5. The number of carbonyl (C=O) groups is 1. The lowest BCUT2D eigenvalue weighted by atomic mass is 10.2. The first-order valence-electron chi connectivity index (χ1n) is 9.84. The average molecular weight is 411 g/mol. The van der Waals surface area contributed by atoms with Gasteiger partial charge >= 0.3 is 0 Å². The molecule has 1 heterocycles. The van der Waals surface area contributed by atoms with Gasteiger partial charge in [0, 0.05) is 6.54 Å². The van der Waals surface area contributed by atoms with Crippen LogP contribution in [-0.2, 0) is 4.79 Å². The van der Waals surface area contributed by atoms with Crippen molar-refractivity contribution in [3.8, 4) is 11.5 Å². The van der Waals surface area contributed by atoms with Crippen LogP contribution in [0.4, 0.5) is 5.69 Å². The number of ether oxygens (including phenoxy) is 1. The highest BCUT2D eigenvalue weighted by molar-refractivity contribution is 8.18. The Bertz CT molecular complexity index is 936. The molecule has 0 spiro atoms. The Morgan fingerprint density at radius 2 is 1.93 bits per heavy atom. The van der Waals surface area contributed by atoms with Crippen molar-refractivity contribution in [1.82, 2.24) is 4.90 Å². The Morgan fingerprint density at radius 1 is 1.17 bits per heavy atom. The fourth-order valence-electron chi connectivity index (χ4n) is 2.88. The number of aryl methyl sites for hydroxylation is 1. The second kappa shape index (κ2) is 9.65. The van der Waals surface area contributed by atoms with Crippen LogP contribution in [0.3, 0.4) is 0 Å². The van der Waals surface area contributed by atoms with E-state index >= 15 is 0 Å². The number of benzene rings is 2. The Kier molecular flexibility index (Phi) is 6.99. The van der Waals surface area contributed by atoms with Crippen molar-refractivity contribution in [3.63, 3.8) is 0 Å². The van der Waals surface area contributed by atoms with Gasteiger partial charge in [0.25, 0.3) is 5.91 Å². The monoisotopic (exact) mass is 410 g/mol. The van der Waals surface area contributed by atoms with Gasteiger partial charge in [0.05, 0.1) is 17.2 Å². The zero-order valence-corrected chi connectivity index (χ0v) is 17.8. The zero-order chi connectivity index (χ0) is 20.8. The van der Waals surface area contributed by atoms with Crippen molar-refractivity contribution in [2.75, 3.05) is 13.2 Å². The molecule has 1 fully saturated rings. The third-order valence-electron chi connectivity index (χ3n) is 4.46. The van der Waals surface area contributed by atoms with Crippen LogP contribution >= 0.6 is 11.8 Å². The summed E-state index contributed by atoms with van der Waals surface area (Å²) in [6, 6.07) is 13.0. The molecule has 0 radical (unpaired) electrons. The summed E-state index contributed by atoms with van der Waals surface area (Å²) in [6.07, 6.45) is 3.74. The smallest absolute Gasteiger partial charge is 0.266 e. The highest BCUT2D eigenvalue weighted by Gasteiger charge is 2.33. The fourth-order valence-corrected chi connectivity index (χ4v) is 3.90. The number of unbranched alkanes of at least 4 members (excludes halogenated alkanes) is 1. The maximum Gasteiger partial charge on any atom is 0.266 e. The second-order valence-corrected chi connectivity index (χ2v) is 7.82. The van der Waals surface area contributed by atoms with Gasteiger partial charge in [0.2, 0.25) is 0 Å². The van der Waals surface area contributed by atoms with Gasteiger partial charge in [-0.1, -0.05) is 37.1 Å². The molecule has 2 aromatic carbocycles. The van der Waals surface area contributed by atoms with E-state index in [9.17, 15) is 9.90 Å². The quantitative estimate of drug-likeness (QED) is 0.612. The van der Waals surface area contributed by atoms with E-state index in [4.69, 9.17) is 9.73 Å². The summed E-state index contributed by atoms with van der Waals surface area (Å²) in [5, 5.41) is 10.6. The minimum Gasteiger partial charge on any atom is -0.504 e. The lowest BCUT2D eigenvalue weighted by Gasteiger charge is -2.14. The van der Waals surface area contributed by atoms with Crippen molar-refractivity contribution >= 4 is 34.6 Å². The van der Waals surface area contributed by atoms with Crippen LogP contribution in [0.25, 0.3) is 6.08 Å². The molecular weight excluding hydrogens is 384 g/mol. The molecule has 152 valence electrons. The number of rotatable bonds is 7. The van der Waals surface area contributed by atoms with Gasteiger partial charge in [-0.25, -0.2) is 4.99 Å². The molecule has 6 heteroatoms. The number of amides is 1. The minimum absolute atomic E-state index is 0.0413. The van der Waals surface area contributed by atoms with E-state index in [1.807, 2.05) is 44.2 Å². The van der Waals surface area contributed by atoms with E-state index in [1.165, 1.54) is 17.3 Å². The minimum atomic E-state index is -0.0413. The Hall–Kier alpha value is -2.73. The number of phenols is 1. The predicted octanol–water partition coefficient (Wildman–Crippen LogP) is 5.50. The predicted molar refractivity (Wildman–Crippen MR) is 120 cm³/mol. The van der Waals surface area contributed by atoms with Gasteiger partial charge in [0.1, 0.15) is 0 Å². The molecule has 1 amide bonds. The number of aliphatic imine (C=N–C) groups is 1. The van der Waals surface area contributed by atoms with Crippen molar-refractivity contribution in [3.05, 3.63) is 58.5 Å². The van der Waals surface area contributed by atoms with E-state index in [1.54, 1.807) is 23.1 Å². The third kappa shape index (κ3) is 5.21. The zero-order valence-electron chi connectivity index (χ0n) is 17.0. The van der Waals surface area contributed by atoms with Gasteiger partial charge in [-0.2, -0.15) is 0 Å². The van der Waals surface area contributed by atoms with Crippen LogP contribution in [-0.4, -0.2) is 34.2 Å². The number of amidine groups is 1. The van der Waals surface area contributed by atoms with Gasteiger partial charge < -0.3 is 9.84 Å². The highest BCUT2D eigenvalue weighted by atomic mass is 32.2. The molecule has 0 aromatic heterocycles. The summed E-state index contributed by atoms with van der Waals surface area (Å²) in [5.41, 5.74) is 2.80. The number of carbonyl (C=O) groups excluding carboxylic acids is 1. The van der Waals surface area contributed by atoms with E-state index < -0.39 is 0 Å². The topological polar surface area (TPSA) is 62.1 Å². The average Bonchev–Trinajstić information content (AvgIpc) is 2.99. The van der Waals surface area contributed by atoms with E-state index in [0.717, 1.165) is 24.1 Å². The largest absolute Gasteiger partial charge is 0.504 e. The van der Waals surface area contributed by atoms with Gasteiger partial charge in [-0.05, 0) is 67.9 Å². The molecule has 0 bridgehead atoms. The van der Waals surface area contributed by atoms with Crippen LogP contribution in [0, 0.1) is 6.92 Å². The Morgan fingerprint density at radius 3 is 2.62 bits per heavy atom. The first-order valence-corrected chi connectivity index (χ1v) is 10.7. The molecule has 0 saturated carbocycles. The SMILES string of the molecule is CCCCN1C(=O)/C(=C\c2ccc(O)c(OCC)c2)SC1=Nc1ccc(C)cc1. The van der Waals surface area contributed by atoms with Crippen LogP contribution in [0.1, 0.15) is 37.8 Å². The summed E-state index contributed by atoms with van der Waals surface area (Å²) in [4.78, 5) is 20.1. The van der Waals surface area contributed by atoms with Crippen LogP contribution in [0.15, 0.2) is 52.4 Å². The molecule has 1 saturated heterocycles. The Balaban J connectivity index is 1.92. The second-order valence-electron chi connectivity index (χ2n) is 6.81. The van der Waals surface area contributed by atoms with Crippen LogP contribution in [0.5, 0.6) is 11.5 Å². The molecular formula is C23H26N2O3S. The summed E-state index contributed by atoms with van der Waals surface area (Å²) >= 11 is 1.38. The Labute approximate surface area is 176 Å². The molecule has 29 heavy (non-hydrogen) atoms. The first-order chi connectivity index (χ1) is 14.0. The molecule has 5 nitrogen and oxygen atoms in total.